The molecule has 0 aliphatic rings. The van der Waals surface area contributed by atoms with E-state index in [1.165, 1.54) is 4.88 Å². The van der Waals surface area contributed by atoms with Gasteiger partial charge in [-0.15, -0.1) is 11.3 Å². The van der Waals surface area contributed by atoms with Gasteiger partial charge in [-0.3, -0.25) is 0 Å². The van der Waals surface area contributed by atoms with E-state index in [-0.39, 0.29) is 0 Å². The minimum Gasteiger partial charge on any atom is -0.508 e. The Morgan fingerprint density at radius 3 is 2.65 bits per heavy atom. The first-order valence-corrected chi connectivity index (χ1v) is 6.95. The van der Waals surface area contributed by atoms with Gasteiger partial charge in [0.15, 0.2) is 0 Å². The van der Waals surface area contributed by atoms with Gasteiger partial charge in [0, 0.05) is 17.1 Å². The van der Waals surface area contributed by atoms with Gasteiger partial charge in [0.25, 0.3) is 0 Å². The number of rotatable bonds is 3. The Hall–Kier alpha value is -1.00. The molecular formula is C13H14BrNOS. The first kappa shape index (κ1) is 12.5. The van der Waals surface area contributed by atoms with Crippen LogP contribution in [0, 0.1) is 13.8 Å². The maximum absolute atomic E-state index is 9.58. The number of hydrogen-bond acceptors (Lipinski definition) is 3. The monoisotopic (exact) mass is 311 g/mol. The van der Waals surface area contributed by atoms with Crippen LogP contribution in [0.3, 0.4) is 0 Å². The standard InChI is InChI=1S/C13H14BrNOS/c1-8-6-12(16)9(2)5-11(8)15-7-10-3-4-13(14)17-10/h3-6,15-16H,7H2,1-2H3. The maximum atomic E-state index is 9.58. The fourth-order valence-electron chi connectivity index (χ4n) is 1.62. The van der Waals surface area contributed by atoms with Gasteiger partial charge in [-0.1, -0.05) is 0 Å². The quantitative estimate of drug-likeness (QED) is 0.821. The molecule has 1 heterocycles. The lowest BCUT2D eigenvalue weighted by molar-refractivity contribution is 0.471. The van der Waals surface area contributed by atoms with E-state index in [1.54, 1.807) is 17.4 Å². The fourth-order valence-corrected chi connectivity index (χ4v) is 3.04. The second kappa shape index (κ2) is 5.10. The van der Waals surface area contributed by atoms with Crippen molar-refractivity contribution in [1.29, 1.82) is 0 Å². The van der Waals surface area contributed by atoms with Gasteiger partial charge in [-0.25, -0.2) is 0 Å². The van der Waals surface area contributed by atoms with Crippen LogP contribution in [-0.2, 0) is 6.54 Å². The zero-order valence-corrected chi connectivity index (χ0v) is 12.2. The second-order valence-electron chi connectivity index (χ2n) is 4.01. The Morgan fingerprint density at radius 1 is 1.24 bits per heavy atom. The van der Waals surface area contributed by atoms with Gasteiger partial charge in [0.2, 0.25) is 0 Å². The van der Waals surface area contributed by atoms with Gasteiger partial charge < -0.3 is 10.4 Å². The van der Waals surface area contributed by atoms with Crippen molar-refractivity contribution >= 4 is 33.0 Å². The highest BCUT2D eigenvalue weighted by molar-refractivity contribution is 9.11. The van der Waals surface area contributed by atoms with Crippen LogP contribution >= 0.6 is 27.3 Å². The number of thiophene rings is 1. The summed E-state index contributed by atoms with van der Waals surface area (Å²) in [5, 5.41) is 13.0. The summed E-state index contributed by atoms with van der Waals surface area (Å²) >= 11 is 5.18. The SMILES string of the molecule is Cc1cc(NCc2ccc(Br)s2)c(C)cc1O. The molecule has 0 spiro atoms. The third kappa shape index (κ3) is 3.01. The van der Waals surface area contributed by atoms with Crippen LogP contribution in [0.2, 0.25) is 0 Å². The average molecular weight is 312 g/mol. The summed E-state index contributed by atoms with van der Waals surface area (Å²) in [5.41, 5.74) is 3.03. The van der Waals surface area contributed by atoms with Crippen molar-refractivity contribution in [3.05, 3.63) is 44.1 Å². The molecule has 2 aromatic rings. The summed E-state index contributed by atoms with van der Waals surface area (Å²) < 4.78 is 1.15. The third-order valence-electron chi connectivity index (χ3n) is 2.62. The van der Waals surface area contributed by atoms with E-state index < -0.39 is 0 Å². The smallest absolute Gasteiger partial charge is 0.118 e. The summed E-state index contributed by atoms with van der Waals surface area (Å²) in [6, 6.07) is 7.93. The van der Waals surface area contributed by atoms with Crippen LogP contribution in [-0.4, -0.2) is 5.11 Å². The zero-order valence-electron chi connectivity index (χ0n) is 9.75. The Morgan fingerprint density at radius 2 is 2.00 bits per heavy atom. The lowest BCUT2D eigenvalue weighted by atomic mass is 10.1. The van der Waals surface area contributed by atoms with Gasteiger partial charge in [-0.2, -0.15) is 0 Å². The number of phenolic OH excluding ortho intramolecular Hbond substituents is 1. The minimum atomic E-state index is 0.354. The molecule has 0 fully saturated rings. The van der Waals surface area contributed by atoms with Crippen molar-refractivity contribution in [1.82, 2.24) is 0 Å². The van der Waals surface area contributed by atoms with Crippen LogP contribution in [0.1, 0.15) is 16.0 Å². The highest BCUT2D eigenvalue weighted by Gasteiger charge is 2.04. The van der Waals surface area contributed by atoms with E-state index in [0.717, 1.165) is 27.1 Å². The molecule has 0 saturated heterocycles. The Labute approximate surface area is 113 Å². The number of halogens is 1. The number of hydrogen-bond donors (Lipinski definition) is 2. The van der Waals surface area contributed by atoms with Crippen LogP contribution in [0.15, 0.2) is 28.1 Å². The molecule has 0 aliphatic heterocycles. The second-order valence-corrected chi connectivity index (χ2v) is 6.56. The van der Waals surface area contributed by atoms with Crippen molar-refractivity contribution in [3.8, 4) is 5.75 Å². The van der Waals surface area contributed by atoms with Crippen LogP contribution in [0.5, 0.6) is 5.75 Å². The van der Waals surface area contributed by atoms with Gasteiger partial charge in [0.05, 0.1) is 3.79 Å². The van der Waals surface area contributed by atoms with Crippen LogP contribution < -0.4 is 5.32 Å². The molecule has 0 bridgehead atoms. The normalized spacial score (nSPS) is 10.5. The third-order valence-corrected chi connectivity index (χ3v) is 4.25. The minimum absolute atomic E-state index is 0.354. The molecule has 2 N–H and O–H groups in total. The van der Waals surface area contributed by atoms with Crippen molar-refractivity contribution < 1.29 is 5.11 Å². The summed E-state index contributed by atoms with van der Waals surface area (Å²) in [4.78, 5) is 1.28. The van der Waals surface area contributed by atoms with E-state index >= 15 is 0 Å². The molecule has 0 saturated carbocycles. The predicted molar refractivity (Wildman–Crippen MR) is 76.9 cm³/mol. The molecular weight excluding hydrogens is 298 g/mol. The number of aromatic hydroxyl groups is 1. The van der Waals surface area contributed by atoms with Crippen molar-refractivity contribution in [2.45, 2.75) is 20.4 Å². The molecule has 4 heteroatoms. The largest absolute Gasteiger partial charge is 0.508 e. The summed E-state index contributed by atoms with van der Waals surface area (Å²) in [5.74, 6) is 0.354. The molecule has 0 radical (unpaired) electrons. The molecule has 17 heavy (non-hydrogen) atoms. The topological polar surface area (TPSA) is 32.3 Å². The Kier molecular flexibility index (Phi) is 3.74. The number of aryl methyl sites for hydroxylation is 2. The number of benzene rings is 1. The predicted octanol–water partition coefficient (Wildman–Crippen LogP) is 4.45. The summed E-state index contributed by atoms with van der Waals surface area (Å²) in [6.07, 6.45) is 0. The van der Waals surface area contributed by atoms with E-state index in [2.05, 4.69) is 33.4 Å². The molecule has 0 amide bonds. The van der Waals surface area contributed by atoms with Crippen molar-refractivity contribution in [2.24, 2.45) is 0 Å². The average Bonchev–Trinajstić information content (AvgIpc) is 2.68. The molecule has 0 unspecified atom stereocenters. The molecule has 2 nitrogen and oxygen atoms in total. The summed E-state index contributed by atoms with van der Waals surface area (Å²) in [7, 11) is 0. The Bertz CT molecular complexity index is 536. The first-order chi connectivity index (χ1) is 8.06. The molecule has 1 aromatic carbocycles. The molecule has 90 valence electrons. The van der Waals surface area contributed by atoms with E-state index in [0.29, 0.717) is 5.75 Å². The highest BCUT2D eigenvalue weighted by Crippen LogP contribution is 2.27. The Balaban J connectivity index is 2.11. The lowest BCUT2D eigenvalue weighted by Gasteiger charge is -2.10. The van der Waals surface area contributed by atoms with Crippen molar-refractivity contribution in [3.63, 3.8) is 0 Å². The molecule has 0 atom stereocenters. The van der Waals surface area contributed by atoms with E-state index in [4.69, 9.17) is 0 Å². The number of anilines is 1. The van der Waals surface area contributed by atoms with Gasteiger partial charge >= 0.3 is 0 Å². The summed E-state index contributed by atoms with van der Waals surface area (Å²) in [6.45, 7) is 4.70. The number of phenols is 1. The molecule has 2 rings (SSSR count). The van der Waals surface area contributed by atoms with Gasteiger partial charge in [0.1, 0.15) is 5.75 Å². The maximum Gasteiger partial charge on any atom is 0.118 e. The lowest BCUT2D eigenvalue weighted by Crippen LogP contribution is -1.99. The number of nitrogens with one attached hydrogen (secondary N) is 1. The fraction of sp³-hybridized carbons (Fsp3) is 0.231. The van der Waals surface area contributed by atoms with Gasteiger partial charge in [-0.05, 0) is 65.2 Å². The molecule has 1 aromatic heterocycles. The molecule has 0 aliphatic carbocycles. The van der Waals surface area contributed by atoms with Crippen molar-refractivity contribution in [2.75, 3.05) is 5.32 Å². The van der Waals surface area contributed by atoms with E-state index in [1.807, 2.05) is 19.9 Å². The van der Waals surface area contributed by atoms with Crippen LogP contribution in [0.25, 0.3) is 0 Å². The van der Waals surface area contributed by atoms with Crippen LogP contribution in [0.4, 0.5) is 5.69 Å². The zero-order chi connectivity index (χ0) is 12.4. The van der Waals surface area contributed by atoms with E-state index in [9.17, 15) is 5.11 Å². The first-order valence-electron chi connectivity index (χ1n) is 5.34. The highest BCUT2D eigenvalue weighted by atomic mass is 79.9.